The van der Waals surface area contributed by atoms with E-state index >= 15 is 0 Å². The summed E-state index contributed by atoms with van der Waals surface area (Å²) in [5, 5.41) is 2.10. The second-order valence-corrected chi connectivity index (χ2v) is 6.72. The first-order chi connectivity index (χ1) is 10.2. The van der Waals surface area contributed by atoms with Crippen LogP contribution in [-0.2, 0) is 6.42 Å². The summed E-state index contributed by atoms with van der Waals surface area (Å²) >= 11 is 1.70. The molecular weight excluding hydrogens is 282 g/mol. The third kappa shape index (κ3) is 2.80. The summed E-state index contributed by atoms with van der Waals surface area (Å²) in [6, 6.07) is 0.540. The summed E-state index contributed by atoms with van der Waals surface area (Å²) < 4.78 is 2.22. The molecular formula is C15H25N5S. The van der Waals surface area contributed by atoms with Crippen LogP contribution in [0.25, 0.3) is 4.96 Å². The van der Waals surface area contributed by atoms with Crippen molar-refractivity contribution in [3.8, 4) is 0 Å². The van der Waals surface area contributed by atoms with E-state index in [1.54, 1.807) is 11.3 Å². The lowest BCUT2D eigenvalue weighted by Gasteiger charge is -2.31. The maximum Gasteiger partial charge on any atom is 0.195 e. The molecule has 0 aliphatic carbocycles. The molecule has 2 N–H and O–H groups in total. The molecule has 2 aromatic heterocycles. The molecule has 0 spiro atoms. The Morgan fingerprint density at radius 1 is 1.43 bits per heavy atom. The molecule has 0 radical (unpaired) electrons. The zero-order chi connectivity index (χ0) is 14.8. The first-order valence-corrected chi connectivity index (χ1v) is 8.72. The van der Waals surface area contributed by atoms with Gasteiger partial charge in [0.15, 0.2) is 10.8 Å². The van der Waals surface area contributed by atoms with Crippen LogP contribution in [-0.4, -0.2) is 53.6 Å². The highest BCUT2D eigenvalue weighted by molar-refractivity contribution is 7.15. The van der Waals surface area contributed by atoms with Gasteiger partial charge < -0.3 is 15.5 Å². The molecule has 1 aliphatic heterocycles. The maximum absolute atomic E-state index is 5.83. The second kappa shape index (κ2) is 6.34. The minimum Gasteiger partial charge on any atom is -0.351 e. The van der Waals surface area contributed by atoms with Crippen molar-refractivity contribution < 1.29 is 0 Å². The Balaban J connectivity index is 2.00. The van der Waals surface area contributed by atoms with Gasteiger partial charge in [-0.05, 0) is 33.0 Å². The van der Waals surface area contributed by atoms with Crippen LogP contribution in [0.5, 0.6) is 0 Å². The van der Waals surface area contributed by atoms with Gasteiger partial charge in [0, 0.05) is 37.1 Å². The van der Waals surface area contributed by atoms with E-state index in [9.17, 15) is 0 Å². The minimum atomic E-state index is 0.540. The molecule has 1 saturated heterocycles. The Morgan fingerprint density at radius 2 is 2.29 bits per heavy atom. The number of hydrogen-bond acceptors (Lipinski definition) is 5. The highest BCUT2D eigenvalue weighted by atomic mass is 32.1. The molecule has 116 valence electrons. The van der Waals surface area contributed by atoms with Crippen molar-refractivity contribution in [1.82, 2.24) is 14.3 Å². The lowest BCUT2D eigenvalue weighted by Crippen LogP contribution is -2.40. The molecule has 6 heteroatoms. The fraction of sp³-hybridized carbons (Fsp3) is 0.667. The van der Waals surface area contributed by atoms with E-state index in [1.807, 2.05) is 0 Å². The van der Waals surface area contributed by atoms with Crippen LogP contribution in [0.3, 0.4) is 0 Å². The quantitative estimate of drug-likeness (QED) is 0.936. The van der Waals surface area contributed by atoms with Crippen molar-refractivity contribution in [3.63, 3.8) is 0 Å². The minimum absolute atomic E-state index is 0.540. The van der Waals surface area contributed by atoms with Crippen LogP contribution in [0.15, 0.2) is 11.6 Å². The average Bonchev–Trinajstić information content (AvgIpc) is 2.99. The Kier molecular flexibility index (Phi) is 4.47. The summed E-state index contributed by atoms with van der Waals surface area (Å²) in [5.74, 6) is 1.16. The zero-order valence-electron chi connectivity index (χ0n) is 13.0. The highest BCUT2D eigenvalue weighted by Gasteiger charge is 2.27. The van der Waals surface area contributed by atoms with Crippen LogP contribution < -0.4 is 10.6 Å². The van der Waals surface area contributed by atoms with Gasteiger partial charge in [-0.1, -0.05) is 6.92 Å². The predicted molar refractivity (Wildman–Crippen MR) is 89.4 cm³/mol. The standard InChI is InChI=1S/C15H25N5S/c1-3-12-11-18(2)7-4-8-19(12)14-13(5-6-16)20-9-10-21-15(20)17-14/h9-10,12H,3-8,11,16H2,1-2H3. The van der Waals surface area contributed by atoms with Crippen molar-refractivity contribution in [1.29, 1.82) is 0 Å². The van der Waals surface area contributed by atoms with Crippen molar-refractivity contribution in [2.24, 2.45) is 5.73 Å². The van der Waals surface area contributed by atoms with E-state index in [0.29, 0.717) is 12.6 Å². The third-order valence-corrected chi connectivity index (χ3v) is 5.12. The zero-order valence-corrected chi connectivity index (χ0v) is 13.8. The fourth-order valence-electron chi connectivity index (χ4n) is 3.29. The number of hydrogen-bond donors (Lipinski definition) is 1. The van der Waals surface area contributed by atoms with Crippen molar-refractivity contribution in [2.75, 3.05) is 38.1 Å². The van der Waals surface area contributed by atoms with E-state index in [-0.39, 0.29) is 0 Å². The molecule has 3 rings (SSSR count). The number of rotatable bonds is 4. The second-order valence-electron chi connectivity index (χ2n) is 5.85. The van der Waals surface area contributed by atoms with Gasteiger partial charge in [-0.25, -0.2) is 4.98 Å². The highest BCUT2D eigenvalue weighted by Crippen LogP contribution is 2.28. The lowest BCUT2D eigenvalue weighted by atomic mass is 10.1. The summed E-state index contributed by atoms with van der Waals surface area (Å²) in [5.41, 5.74) is 7.11. The van der Waals surface area contributed by atoms with Crippen LogP contribution in [0.2, 0.25) is 0 Å². The molecule has 2 aromatic rings. The molecule has 0 amide bonds. The van der Waals surface area contributed by atoms with Crippen molar-refractivity contribution in [3.05, 3.63) is 17.3 Å². The number of nitrogens with zero attached hydrogens (tertiary/aromatic N) is 4. The molecule has 1 aliphatic rings. The van der Waals surface area contributed by atoms with Gasteiger partial charge in [-0.2, -0.15) is 0 Å². The number of anilines is 1. The van der Waals surface area contributed by atoms with Crippen molar-refractivity contribution in [2.45, 2.75) is 32.2 Å². The van der Waals surface area contributed by atoms with Gasteiger partial charge in [0.25, 0.3) is 0 Å². The number of imidazole rings is 1. The molecule has 3 heterocycles. The third-order valence-electron chi connectivity index (χ3n) is 4.37. The van der Waals surface area contributed by atoms with Gasteiger partial charge in [-0.3, -0.25) is 4.40 Å². The Labute approximate surface area is 130 Å². The topological polar surface area (TPSA) is 49.8 Å². The van der Waals surface area contributed by atoms with E-state index < -0.39 is 0 Å². The number of aromatic nitrogens is 2. The lowest BCUT2D eigenvalue weighted by molar-refractivity contribution is 0.327. The molecule has 5 nitrogen and oxygen atoms in total. The summed E-state index contributed by atoms with van der Waals surface area (Å²) in [7, 11) is 2.22. The largest absolute Gasteiger partial charge is 0.351 e. The average molecular weight is 307 g/mol. The SMILES string of the molecule is CCC1CN(C)CCCN1c1nc2sccn2c1CCN. The van der Waals surface area contributed by atoms with Crippen LogP contribution >= 0.6 is 11.3 Å². The maximum atomic E-state index is 5.83. The number of fused-ring (bicyclic) bond motifs is 1. The van der Waals surface area contributed by atoms with Gasteiger partial charge in [0.05, 0.1) is 5.69 Å². The molecule has 1 atom stereocenters. The monoisotopic (exact) mass is 307 g/mol. The molecule has 0 saturated carbocycles. The normalized spacial score (nSPS) is 21.1. The predicted octanol–water partition coefficient (Wildman–Crippen LogP) is 1.82. The van der Waals surface area contributed by atoms with E-state index in [4.69, 9.17) is 10.7 Å². The first-order valence-electron chi connectivity index (χ1n) is 7.84. The van der Waals surface area contributed by atoms with Gasteiger partial charge >= 0.3 is 0 Å². The van der Waals surface area contributed by atoms with Crippen LogP contribution in [0, 0.1) is 0 Å². The number of nitrogens with two attached hydrogens (primary N) is 1. The molecule has 0 aromatic carbocycles. The fourth-order valence-corrected chi connectivity index (χ4v) is 4.02. The van der Waals surface area contributed by atoms with Gasteiger partial charge in [0.2, 0.25) is 0 Å². The van der Waals surface area contributed by atoms with E-state index in [1.165, 1.54) is 18.7 Å². The number of likely N-dealkylation sites (N-methyl/N-ethyl adjacent to an activating group) is 1. The van der Waals surface area contributed by atoms with Gasteiger partial charge in [-0.15, -0.1) is 11.3 Å². The van der Waals surface area contributed by atoms with Crippen LogP contribution in [0.1, 0.15) is 25.5 Å². The smallest absolute Gasteiger partial charge is 0.195 e. The first kappa shape index (κ1) is 14.8. The van der Waals surface area contributed by atoms with Crippen molar-refractivity contribution >= 4 is 22.1 Å². The van der Waals surface area contributed by atoms with Gasteiger partial charge in [0.1, 0.15) is 0 Å². The number of thiazole rings is 1. The molecule has 1 unspecified atom stereocenters. The Morgan fingerprint density at radius 3 is 3.05 bits per heavy atom. The molecule has 0 bridgehead atoms. The molecule has 1 fully saturated rings. The summed E-state index contributed by atoms with van der Waals surface area (Å²) in [6.07, 6.45) is 5.35. The Bertz CT molecular complexity index is 590. The Hall–Kier alpha value is -1.11. The molecule has 21 heavy (non-hydrogen) atoms. The summed E-state index contributed by atoms with van der Waals surface area (Å²) in [6.45, 7) is 6.31. The van der Waals surface area contributed by atoms with E-state index in [0.717, 1.165) is 36.7 Å². The van der Waals surface area contributed by atoms with Crippen LogP contribution in [0.4, 0.5) is 5.82 Å². The van der Waals surface area contributed by atoms with E-state index in [2.05, 4.69) is 39.7 Å². The summed E-state index contributed by atoms with van der Waals surface area (Å²) in [4.78, 5) is 11.0.